The summed E-state index contributed by atoms with van der Waals surface area (Å²) in [4.78, 5) is 2.29. The van der Waals surface area contributed by atoms with Crippen molar-refractivity contribution in [2.75, 3.05) is 26.7 Å². The first-order chi connectivity index (χ1) is 7.66. The summed E-state index contributed by atoms with van der Waals surface area (Å²) >= 11 is 3.37. The maximum Gasteiger partial charge on any atom is 0.126 e. The van der Waals surface area contributed by atoms with Crippen molar-refractivity contribution >= 4 is 15.9 Å². The van der Waals surface area contributed by atoms with Crippen molar-refractivity contribution in [1.29, 1.82) is 0 Å². The van der Waals surface area contributed by atoms with Gasteiger partial charge in [0.25, 0.3) is 0 Å². The zero-order valence-corrected chi connectivity index (χ0v) is 10.9. The SMILES string of the molecule is CN(CCc1cc(Br)ccc1F)C1CNC1. The number of hydrogen-bond acceptors (Lipinski definition) is 2. The molecule has 16 heavy (non-hydrogen) atoms. The Bertz CT molecular complexity index is 366. The molecule has 1 saturated heterocycles. The predicted molar refractivity (Wildman–Crippen MR) is 67.1 cm³/mol. The largest absolute Gasteiger partial charge is 0.314 e. The Hall–Kier alpha value is -0.450. The summed E-state index contributed by atoms with van der Waals surface area (Å²) in [5, 5.41) is 3.24. The Labute approximate surface area is 104 Å². The summed E-state index contributed by atoms with van der Waals surface area (Å²) in [6, 6.07) is 5.74. The predicted octanol–water partition coefficient (Wildman–Crippen LogP) is 2.03. The Morgan fingerprint density at radius 3 is 2.88 bits per heavy atom. The van der Waals surface area contributed by atoms with Gasteiger partial charge in [-0.1, -0.05) is 15.9 Å². The molecule has 1 heterocycles. The van der Waals surface area contributed by atoms with Crippen LogP contribution in [-0.4, -0.2) is 37.6 Å². The van der Waals surface area contributed by atoms with Gasteiger partial charge in [-0.15, -0.1) is 0 Å². The number of hydrogen-bond donors (Lipinski definition) is 1. The van der Waals surface area contributed by atoms with Crippen LogP contribution in [0.3, 0.4) is 0 Å². The molecule has 0 aromatic heterocycles. The van der Waals surface area contributed by atoms with E-state index in [9.17, 15) is 4.39 Å². The highest BCUT2D eigenvalue weighted by molar-refractivity contribution is 9.10. The highest BCUT2D eigenvalue weighted by Gasteiger charge is 2.21. The fourth-order valence-corrected chi connectivity index (χ4v) is 2.21. The molecule has 0 atom stereocenters. The van der Waals surface area contributed by atoms with Gasteiger partial charge in [-0.2, -0.15) is 0 Å². The summed E-state index contributed by atoms with van der Waals surface area (Å²) in [6.07, 6.45) is 0.762. The molecule has 0 unspecified atom stereocenters. The molecule has 88 valence electrons. The second-order valence-corrected chi connectivity index (χ2v) is 5.19. The van der Waals surface area contributed by atoms with Crippen molar-refractivity contribution in [3.05, 3.63) is 34.1 Å². The lowest BCUT2D eigenvalue weighted by molar-refractivity contribution is 0.182. The van der Waals surface area contributed by atoms with Crippen molar-refractivity contribution in [3.63, 3.8) is 0 Å². The number of nitrogens with one attached hydrogen (secondary N) is 1. The van der Waals surface area contributed by atoms with Gasteiger partial charge in [0.2, 0.25) is 0 Å². The molecule has 0 saturated carbocycles. The van der Waals surface area contributed by atoms with E-state index < -0.39 is 0 Å². The van der Waals surface area contributed by atoms with Crippen LogP contribution in [0, 0.1) is 5.82 Å². The van der Waals surface area contributed by atoms with Gasteiger partial charge in [0, 0.05) is 30.1 Å². The summed E-state index contributed by atoms with van der Waals surface area (Å²) in [5.41, 5.74) is 0.786. The number of halogens is 2. The van der Waals surface area contributed by atoms with Gasteiger partial charge in [0.05, 0.1) is 0 Å². The van der Waals surface area contributed by atoms with Gasteiger partial charge in [0.15, 0.2) is 0 Å². The average Bonchev–Trinajstić information content (AvgIpc) is 2.17. The lowest BCUT2D eigenvalue weighted by Gasteiger charge is -2.35. The van der Waals surface area contributed by atoms with Crippen LogP contribution in [0.4, 0.5) is 4.39 Å². The molecule has 4 heteroatoms. The highest BCUT2D eigenvalue weighted by atomic mass is 79.9. The molecule has 0 amide bonds. The third-order valence-corrected chi connectivity index (χ3v) is 3.62. The molecule has 2 rings (SSSR count). The van der Waals surface area contributed by atoms with Crippen molar-refractivity contribution < 1.29 is 4.39 Å². The molecule has 1 aromatic carbocycles. The van der Waals surface area contributed by atoms with E-state index in [1.54, 1.807) is 6.07 Å². The quantitative estimate of drug-likeness (QED) is 0.911. The lowest BCUT2D eigenvalue weighted by Crippen LogP contribution is -2.56. The molecule has 0 spiro atoms. The minimum atomic E-state index is -0.108. The normalized spacial score (nSPS) is 16.5. The Morgan fingerprint density at radius 2 is 2.25 bits per heavy atom. The Balaban J connectivity index is 1.90. The number of rotatable bonds is 4. The van der Waals surface area contributed by atoms with E-state index in [2.05, 4.69) is 33.2 Å². The van der Waals surface area contributed by atoms with Gasteiger partial charge in [-0.25, -0.2) is 4.39 Å². The van der Waals surface area contributed by atoms with Crippen LogP contribution < -0.4 is 5.32 Å². The van der Waals surface area contributed by atoms with Crippen LogP contribution in [0.5, 0.6) is 0 Å². The first kappa shape index (κ1) is 12.0. The van der Waals surface area contributed by atoms with Crippen LogP contribution in [0.2, 0.25) is 0 Å². The minimum absolute atomic E-state index is 0.108. The van der Waals surface area contributed by atoms with Gasteiger partial charge >= 0.3 is 0 Å². The second-order valence-electron chi connectivity index (χ2n) is 4.28. The van der Waals surface area contributed by atoms with E-state index >= 15 is 0 Å². The summed E-state index contributed by atoms with van der Waals surface area (Å²) in [6.45, 7) is 3.01. The third kappa shape index (κ3) is 2.81. The van der Waals surface area contributed by atoms with Crippen LogP contribution >= 0.6 is 15.9 Å². The van der Waals surface area contributed by atoms with E-state index in [4.69, 9.17) is 0 Å². The fraction of sp³-hybridized carbons (Fsp3) is 0.500. The van der Waals surface area contributed by atoms with Crippen molar-refractivity contribution in [3.8, 4) is 0 Å². The molecule has 1 aliphatic heterocycles. The molecule has 2 nitrogen and oxygen atoms in total. The van der Waals surface area contributed by atoms with Gasteiger partial charge < -0.3 is 10.2 Å². The van der Waals surface area contributed by atoms with Crippen molar-refractivity contribution in [2.45, 2.75) is 12.5 Å². The molecule has 0 aliphatic carbocycles. The monoisotopic (exact) mass is 286 g/mol. The maximum atomic E-state index is 13.5. The molecule has 1 aromatic rings. The molecule has 1 aliphatic rings. The zero-order valence-electron chi connectivity index (χ0n) is 9.34. The molecular formula is C12H16BrFN2. The highest BCUT2D eigenvalue weighted by Crippen LogP contribution is 2.16. The topological polar surface area (TPSA) is 15.3 Å². The second kappa shape index (κ2) is 5.25. The fourth-order valence-electron chi connectivity index (χ4n) is 1.80. The molecule has 0 bridgehead atoms. The Morgan fingerprint density at radius 1 is 1.50 bits per heavy atom. The third-order valence-electron chi connectivity index (χ3n) is 3.12. The van der Waals surface area contributed by atoms with Gasteiger partial charge in [-0.3, -0.25) is 0 Å². The number of nitrogens with zero attached hydrogens (tertiary/aromatic N) is 1. The van der Waals surface area contributed by atoms with E-state index in [0.717, 1.165) is 36.1 Å². The minimum Gasteiger partial charge on any atom is -0.314 e. The molecular weight excluding hydrogens is 271 g/mol. The maximum absolute atomic E-state index is 13.5. The summed E-state index contributed by atoms with van der Waals surface area (Å²) in [7, 11) is 2.10. The lowest BCUT2D eigenvalue weighted by atomic mass is 10.1. The number of benzene rings is 1. The molecule has 1 fully saturated rings. The molecule has 0 radical (unpaired) electrons. The van der Waals surface area contributed by atoms with Gasteiger partial charge in [-0.05, 0) is 37.2 Å². The van der Waals surface area contributed by atoms with Crippen LogP contribution in [0.15, 0.2) is 22.7 Å². The summed E-state index contributed by atoms with van der Waals surface area (Å²) < 4.78 is 14.4. The first-order valence-electron chi connectivity index (χ1n) is 5.51. The standard InChI is InChI=1S/C12H16BrFN2/c1-16(11-7-15-8-11)5-4-9-6-10(13)2-3-12(9)14/h2-3,6,11,15H,4-5,7-8H2,1H3. The van der Waals surface area contributed by atoms with E-state index in [1.165, 1.54) is 6.07 Å². The number of likely N-dealkylation sites (N-methyl/N-ethyl adjacent to an activating group) is 1. The first-order valence-corrected chi connectivity index (χ1v) is 6.31. The van der Waals surface area contributed by atoms with E-state index in [1.807, 2.05) is 6.07 Å². The van der Waals surface area contributed by atoms with Crippen molar-refractivity contribution in [1.82, 2.24) is 10.2 Å². The van der Waals surface area contributed by atoms with Crippen LogP contribution in [0.25, 0.3) is 0 Å². The van der Waals surface area contributed by atoms with Crippen LogP contribution in [0.1, 0.15) is 5.56 Å². The Kier molecular flexibility index (Phi) is 3.95. The van der Waals surface area contributed by atoms with E-state index in [0.29, 0.717) is 6.04 Å². The van der Waals surface area contributed by atoms with Crippen molar-refractivity contribution in [2.24, 2.45) is 0 Å². The smallest absolute Gasteiger partial charge is 0.126 e. The van der Waals surface area contributed by atoms with E-state index in [-0.39, 0.29) is 5.82 Å². The zero-order chi connectivity index (χ0) is 11.5. The van der Waals surface area contributed by atoms with Gasteiger partial charge in [0.1, 0.15) is 5.82 Å². The van der Waals surface area contributed by atoms with Crippen LogP contribution in [-0.2, 0) is 6.42 Å². The average molecular weight is 287 g/mol. The molecule has 1 N–H and O–H groups in total. The summed E-state index contributed by atoms with van der Waals surface area (Å²) in [5.74, 6) is -0.108.